The van der Waals surface area contributed by atoms with Crippen LogP contribution in [-0.2, 0) is 9.59 Å². The number of Topliss-reactive ketones (excluding diaryl/α,β-unsaturated/α-hetero) is 1. The number of benzene rings is 3. The minimum atomic E-state index is -1.32. The average molecular weight is 462 g/mol. The molecular weight excluding hydrogens is 436 g/mol. The van der Waals surface area contributed by atoms with E-state index in [1.807, 2.05) is 0 Å². The summed E-state index contributed by atoms with van der Waals surface area (Å²) in [6.45, 7) is 1.65. The predicted octanol–water partition coefficient (Wildman–Crippen LogP) is 4.74. The summed E-state index contributed by atoms with van der Waals surface area (Å²) in [5, 5.41) is 0. The Kier molecular flexibility index (Phi) is 8.40. The van der Waals surface area contributed by atoms with Gasteiger partial charge in [-0.3, -0.25) is 14.4 Å². The molecule has 176 valence electrons. The molecule has 0 heterocycles. The molecule has 0 N–H and O–H groups in total. The molecule has 3 rings (SSSR count). The fourth-order valence-corrected chi connectivity index (χ4v) is 3.36. The standard InChI is InChI=1S/C27H26O7/c1-18(17-24(28)19-7-5-4-6-8-19)25(26(29)33-22-13-9-20(31-2)10-14-22)27(30)34-23-15-11-21(32-3)12-16-23/h4-16,18,25H,17H2,1-3H3/t18-/m1/s1. The van der Waals surface area contributed by atoms with Gasteiger partial charge in [0, 0.05) is 12.0 Å². The maximum absolute atomic E-state index is 13.1. The van der Waals surface area contributed by atoms with Crippen molar-refractivity contribution < 1.29 is 33.3 Å². The maximum atomic E-state index is 13.1. The molecule has 0 radical (unpaired) electrons. The second kappa shape index (κ2) is 11.7. The van der Waals surface area contributed by atoms with E-state index in [2.05, 4.69) is 0 Å². The first-order chi connectivity index (χ1) is 16.4. The van der Waals surface area contributed by atoms with Crippen LogP contribution in [0.2, 0.25) is 0 Å². The molecule has 0 bridgehead atoms. The van der Waals surface area contributed by atoms with Crippen LogP contribution in [0.25, 0.3) is 0 Å². The number of carbonyl (C=O) groups is 3. The maximum Gasteiger partial charge on any atom is 0.326 e. The summed E-state index contributed by atoms with van der Waals surface area (Å²) in [6, 6.07) is 21.5. The number of methoxy groups -OCH3 is 2. The van der Waals surface area contributed by atoms with Crippen molar-refractivity contribution in [2.75, 3.05) is 14.2 Å². The minimum Gasteiger partial charge on any atom is -0.497 e. The number of ketones is 1. The Bertz CT molecular complexity index is 1040. The number of hydrogen-bond donors (Lipinski definition) is 0. The quantitative estimate of drug-likeness (QED) is 0.186. The molecule has 3 aromatic carbocycles. The molecule has 1 atom stereocenters. The van der Waals surface area contributed by atoms with Crippen molar-refractivity contribution in [3.05, 3.63) is 84.4 Å². The van der Waals surface area contributed by atoms with Gasteiger partial charge in [0.05, 0.1) is 14.2 Å². The van der Waals surface area contributed by atoms with Crippen LogP contribution in [0.4, 0.5) is 0 Å². The van der Waals surface area contributed by atoms with Gasteiger partial charge in [-0.25, -0.2) is 0 Å². The van der Waals surface area contributed by atoms with Crippen LogP contribution in [0.1, 0.15) is 23.7 Å². The number of rotatable bonds is 10. The lowest BCUT2D eigenvalue weighted by atomic mass is 9.88. The Labute approximate surface area is 198 Å². The molecule has 0 saturated heterocycles. The van der Waals surface area contributed by atoms with Gasteiger partial charge in [0.1, 0.15) is 23.0 Å². The number of hydrogen-bond acceptors (Lipinski definition) is 7. The molecular formula is C27H26O7. The topological polar surface area (TPSA) is 88.1 Å². The minimum absolute atomic E-state index is 0.0376. The number of carbonyl (C=O) groups excluding carboxylic acids is 3. The Hall–Kier alpha value is -4.13. The Morgan fingerprint density at radius 3 is 1.47 bits per heavy atom. The van der Waals surface area contributed by atoms with Crippen LogP contribution >= 0.6 is 0 Å². The third-order valence-electron chi connectivity index (χ3n) is 5.24. The zero-order valence-electron chi connectivity index (χ0n) is 19.2. The van der Waals surface area contributed by atoms with E-state index in [-0.39, 0.29) is 23.7 Å². The van der Waals surface area contributed by atoms with Crippen molar-refractivity contribution >= 4 is 17.7 Å². The summed E-state index contributed by atoms with van der Waals surface area (Å²) in [4.78, 5) is 38.9. The molecule has 0 aromatic heterocycles. The highest BCUT2D eigenvalue weighted by atomic mass is 16.6. The SMILES string of the molecule is COc1ccc(OC(=O)C(C(=O)Oc2ccc(OC)cc2)[C@H](C)CC(=O)c2ccccc2)cc1. The monoisotopic (exact) mass is 462 g/mol. The molecule has 7 heteroatoms. The Morgan fingerprint density at radius 1 is 0.647 bits per heavy atom. The molecule has 0 aliphatic heterocycles. The third kappa shape index (κ3) is 6.45. The van der Waals surface area contributed by atoms with Crippen LogP contribution in [0.5, 0.6) is 23.0 Å². The first kappa shape index (κ1) is 24.5. The van der Waals surface area contributed by atoms with E-state index in [1.165, 1.54) is 14.2 Å². The van der Waals surface area contributed by atoms with Crippen LogP contribution in [0.3, 0.4) is 0 Å². The van der Waals surface area contributed by atoms with Crippen molar-refractivity contribution in [2.45, 2.75) is 13.3 Å². The van der Waals surface area contributed by atoms with E-state index in [0.717, 1.165) is 0 Å². The van der Waals surface area contributed by atoms with Crippen molar-refractivity contribution in [1.29, 1.82) is 0 Å². The van der Waals surface area contributed by atoms with E-state index in [1.54, 1.807) is 85.8 Å². The van der Waals surface area contributed by atoms with Gasteiger partial charge in [0.15, 0.2) is 11.7 Å². The van der Waals surface area contributed by atoms with Crippen LogP contribution in [0, 0.1) is 11.8 Å². The Balaban J connectivity index is 1.80. The summed E-state index contributed by atoms with van der Waals surface area (Å²) in [5.74, 6) is -2.12. The summed E-state index contributed by atoms with van der Waals surface area (Å²) in [5.41, 5.74) is 0.500. The lowest BCUT2D eigenvalue weighted by Gasteiger charge is -2.21. The second-order valence-electron chi connectivity index (χ2n) is 7.64. The molecule has 0 aliphatic carbocycles. The molecule has 0 fully saturated rings. The molecule has 0 saturated carbocycles. The van der Waals surface area contributed by atoms with E-state index in [9.17, 15) is 14.4 Å². The van der Waals surface area contributed by atoms with Crippen LogP contribution in [-0.4, -0.2) is 31.9 Å². The van der Waals surface area contributed by atoms with E-state index in [0.29, 0.717) is 17.1 Å². The smallest absolute Gasteiger partial charge is 0.326 e. The summed E-state index contributed by atoms with van der Waals surface area (Å²) < 4.78 is 21.1. The molecule has 3 aromatic rings. The van der Waals surface area contributed by atoms with Gasteiger partial charge in [0.25, 0.3) is 0 Å². The van der Waals surface area contributed by atoms with E-state index in [4.69, 9.17) is 18.9 Å². The van der Waals surface area contributed by atoms with Crippen molar-refractivity contribution in [3.63, 3.8) is 0 Å². The van der Waals surface area contributed by atoms with Gasteiger partial charge in [-0.2, -0.15) is 0 Å². The van der Waals surface area contributed by atoms with Crippen molar-refractivity contribution in [2.24, 2.45) is 11.8 Å². The van der Waals surface area contributed by atoms with E-state index < -0.39 is 23.8 Å². The summed E-state index contributed by atoms with van der Waals surface area (Å²) in [7, 11) is 3.05. The normalized spacial score (nSPS) is 11.4. The van der Waals surface area contributed by atoms with Gasteiger partial charge in [-0.15, -0.1) is 0 Å². The zero-order chi connectivity index (χ0) is 24.5. The number of ether oxygens (including phenoxy) is 4. The molecule has 0 amide bonds. The highest BCUT2D eigenvalue weighted by Gasteiger charge is 2.37. The van der Waals surface area contributed by atoms with Crippen molar-refractivity contribution in [3.8, 4) is 23.0 Å². The van der Waals surface area contributed by atoms with Crippen molar-refractivity contribution in [1.82, 2.24) is 0 Å². The Morgan fingerprint density at radius 2 is 1.06 bits per heavy atom. The molecule has 7 nitrogen and oxygen atoms in total. The lowest BCUT2D eigenvalue weighted by molar-refractivity contribution is -0.153. The summed E-state index contributed by atoms with van der Waals surface area (Å²) in [6.07, 6.45) is -0.0376. The molecule has 0 unspecified atom stereocenters. The lowest BCUT2D eigenvalue weighted by Crippen LogP contribution is -2.37. The average Bonchev–Trinajstić information content (AvgIpc) is 2.85. The highest BCUT2D eigenvalue weighted by Crippen LogP contribution is 2.26. The van der Waals surface area contributed by atoms with Crippen LogP contribution in [0.15, 0.2) is 78.9 Å². The largest absolute Gasteiger partial charge is 0.497 e. The first-order valence-electron chi connectivity index (χ1n) is 10.7. The zero-order valence-corrected chi connectivity index (χ0v) is 19.2. The van der Waals surface area contributed by atoms with Crippen LogP contribution < -0.4 is 18.9 Å². The van der Waals surface area contributed by atoms with Gasteiger partial charge < -0.3 is 18.9 Å². The predicted molar refractivity (Wildman–Crippen MR) is 125 cm³/mol. The molecule has 0 aliphatic rings. The first-order valence-corrected chi connectivity index (χ1v) is 10.7. The molecule has 0 spiro atoms. The van der Waals surface area contributed by atoms with Gasteiger partial charge in [-0.05, 0) is 54.4 Å². The fraction of sp³-hybridized carbons (Fsp3) is 0.222. The van der Waals surface area contributed by atoms with Gasteiger partial charge in [-0.1, -0.05) is 37.3 Å². The molecule has 34 heavy (non-hydrogen) atoms. The third-order valence-corrected chi connectivity index (χ3v) is 5.24. The van der Waals surface area contributed by atoms with Gasteiger partial charge >= 0.3 is 11.9 Å². The fourth-order valence-electron chi connectivity index (χ4n) is 3.36. The van der Waals surface area contributed by atoms with Gasteiger partial charge in [0.2, 0.25) is 0 Å². The van der Waals surface area contributed by atoms with E-state index >= 15 is 0 Å². The second-order valence-corrected chi connectivity index (χ2v) is 7.64. The summed E-state index contributed by atoms with van der Waals surface area (Å²) >= 11 is 0. The number of esters is 2. The highest BCUT2D eigenvalue weighted by molar-refractivity contribution is 6.00.